The number of carbonyl (C=O) groups excluding carboxylic acids is 1. The van der Waals surface area contributed by atoms with Gasteiger partial charge in [-0.3, -0.25) is 4.79 Å². The summed E-state index contributed by atoms with van der Waals surface area (Å²) in [5, 5.41) is 10.3. The minimum atomic E-state index is -0.0811. The molecule has 1 aromatic carbocycles. The Morgan fingerprint density at radius 3 is 2.45 bits per heavy atom. The van der Waals surface area contributed by atoms with E-state index in [-0.39, 0.29) is 17.6 Å². The molecule has 6 heteroatoms. The first-order valence-corrected chi connectivity index (χ1v) is 8.37. The smallest absolute Gasteiger partial charge is 0.226 e. The molecule has 2 heterocycles. The van der Waals surface area contributed by atoms with Crippen molar-refractivity contribution in [2.75, 3.05) is 19.8 Å². The number of halogens is 2. The molecule has 2 fully saturated rings. The molecule has 2 saturated heterocycles. The first-order valence-electron chi connectivity index (χ1n) is 7.61. The van der Waals surface area contributed by atoms with Crippen molar-refractivity contribution in [2.24, 2.45) is 5.92 Å². The summed E-state index contributed by atoms with van der Waals surface area (Å²) in [6.45, 7) is 2.25. The number of benzene rings is 1. The highest BCUT2D eigenvalue weighted by Crippen LogP contribution is 2.34. The molecule has 2 aliphatic rings. The van der Waals surface area contributed by atoms with Gasteiger partial charge < -0.3 is 14.7 Å². The Bertz CT molecular complexity index is 550. The van der Waals surface area contributed by atoms with E-state index >= 15 is 0 Å². The Balaban J connectivity index is 1.71. The number of rotatable bonds is 3. The molecule has 1 aromatic rings. The van der Waals surface area contributed by atoms with Crippen LogP contribution in [0.5, 0.6) is 5.75 Å². The summed E-state index contributed by atoms with van der Waals surface area (Å²) < 4.78 is 5.36. The van der Waals surface area contributed by atoms with Crippen molar-refractivity contribution >= 4 is 29.1 Å². The standard InChI is InChI=1S/C16H19Cl2NO3/c17-14-8-12(20)9-15(18)13(14)7-10-1-4-19(16(10)21)11-2-5-22-6-3-11/h8-11,20H,1-7H2. The van der Waals surface area contributed by atoms with Gasteiger partial charge >= 0.3 is 0 Å². The van der Waals surface area contributed by atoms with E-state index in [9.17, 15) is 9.90 Å². The fourth-order valence-electron chi connectivity index (χ4n) is 3.34. The number of phenols is 1. The van der Waals surface area contributed by atoms with E-state index < -0.39 is 0 Å². The molecule has 1 N–H and O–H groups in total. The van der Waals surface area contributed by atoms with Crippen LogP contribution in [-0.4, -0.2) is 41.7 Å². The van der Waals surface area contributed by atoms with Gasteiger partial charge in [0.15, 0.2) is 0 Å². The van der Waals surface area contributed by atoms with Crippen LogP contribution in [0.2, 0.25) is 10.0 Å². The maximum Gasteiger partial charge on any atom is 0.226 e. The summed E-state index contributed by atoms with van der Waals surface area (Å²) in [4.78, 5) is 14.6. The molecule has 1 atom stereocenters. The average molecular weight is 344 g/mol. The molecule has 0 aliphatic carbocycles. The zero-order chi connectivity index (χ0) is 15.7. The second-order valence-corrected chi connectivity index (χ2v) is 6.77. The Labute approximate surface area is 140 Å². The Kier molecular flexibility index (Phi) is 4.81. The molecule has 0 saturated carbocycles. The Morgan fingerprint density at radius 1 is 1.18 bits per heavy atom. The number of amides is 1. The minimum absolute atomic E-state index is 0.0420. The third-order valence-corrected chi connectivity index (χ3v) is 5.23. The van der Waals surface area contributed by atoms with Gasteiger partial charge in [0.25, 0.3) is 0 Å². The van der Waals surface area contributed by atoms with Crippen molar-refractivity contribution in [1.29, 1.82) is 0 Å². The zero-order valence-corrected chi connectivity index (χ0v) is 13.7. The van der Waals surface area contributed by atoms with Crippen molar-refractivity contribution < 1.29 is 14.6 Å². The topological polar surface area (TPSA) is 49.8 Å². The van der Waals surface area contributed by atoms with Gasteiger partial charge in [-0.2, -0.15) is 0 Å². The third-order valence-electron chi connectivity index (χ3n) is 4.56. The molecule has 0 radical (unpaired) electrons. The van der Waals surface area contributed by atoms with E-state index in [0.717, 1.165) is 44.6 Å². The first kappa shape index (κ1) is 15.9. The Morgan fingerprint density at radius 2 is 1.82 bits per heavy atom. The SMILES string of the molecule is O=C1C(Cc2c(Cl)cc(O)cc2Cl)CCN1C1CCOCC1. The normalized spacial score (nSPS) is 23.3. The number of ether oxygens (including phenoxy) is 1. The molecule has 2 aliphatic heterocycles. The van der Waals surface area contributed by atoms with Gasteiger partial charge in [-0.05, 0) is 43.4 Å². The van der Waals surface area contributed by atoms with Crippen molar-refractivity contribution in [3.05, 3.63) is 27.7 Å². The molecule has 4 nitrogen and oxygen atoms in total. The lowest BCUT2D eigenvalue weighted by Gasteiger charge is -2.31. The molecule has 1 unspecified atom stereocenters. The van der Waals surface area contributed by atoms with E-state index in [1.165, 1.54) is 12.1 Å². The third kappa shape index (κ3) is 3.19. The number of likely N-dealkylation sites (tertiary alicyclic amines) is 1. The van der Waals surface area contributed by atoms with E-state index in [1.807, 2.05) is 4.90 Å². The lowest BCUT2D eigenvalue weighted by atomic mass is 9.97. The van der Waals surface area contributed by atoms with E-state index in [4.69, 9.17) is 27.9 Å². The summed E-state index contributed by atoms with van der Waals surface area (Å²) in [5.41, 5.74) is 0.744. The number of hydrogen-bond donors (Lipinski definition) is 1. The predicted octanol–water partition coefficient (Wildman–Crippen LogP) is 3.27. The van der Waals surface area contributed by atoms with Crippen molar-refractivity contribution in [1.82, 2.24) is 4.90 Å². The molecule has 0 aromatic heterocycles. The second kappa shape index (κ2) is 6.65. The lowest BCUT2D eigenvalue weighted by Crippen LogP contribution is -2.41. The zero-order valence-electron chi connectivity index (χ0n) is 12.2. The Hall–Kier alpha value is -0.970. The van der Waals surface area contributed by atoms with Gasteiger partial charge in [-0.15, -0.1) is 0 Å². The second-order valence-electron chi connectivity index (χ2n) is 5.95. The molecule has 0 bridgehead atoms. The molecular weight excluding hydrogens is 325 g/mol. The summed E-state index contributed by atoms with van der Waals surface area (Å²) in [7, 11) is 0. The van der Waals surface area contributed by atoms with Crippen LogP contribution < -0.4 is 0 Å². The summed E-state index contributed by atoms with van der Waals surface area (Å²) in [6.07, 6.45) is 3.18. The number of phenolic OH excluding ortho intramolecular Hbond substituents is 1. The number of nitrogens with zero attached hydrogens (tertiary/aromatic N) is 1. The lowest BCUT2D eigenvalue weighted by molar-refractivity contribution is -0.134. The van der Waals surface area contributed by atoms with E-state index in [1.54, 1.807) is 0 Å². The molecule has 120 valence electrons. The van der Waals surface area contributed by atoms with Gasteiger partial charge in [0.2, 0.25) is 5.91 Å². The average Bonchev–Trinajstić information content (AvgIpc) is 2.85. The fourth-order valence-corrected chi connectivity index (χ4v) is 3.97. The van der Waals surface area contributed by atoms with E-state index in [2.05, 4.69) is 0 Å². The maximum absolute atomic E-state index is 12.6. The highest BCUT2D eigenvalue weighted by Gasteiger charge is 2.36. The summed E-state index contributed by atoms with van der Waals surface area (Å²) in [5.74, 6) is 0.148. The van der Waals surface area contributed by atoms with Crippen LogP contribution in [0.4, 0.5) is 0 Å². The van der Waals surface area contributed by atoms with Crippen molar-refractivity contribution in [2.45, 2.75) is 31.7 Å². The van der Waals surface area contributed by atoms with Crippen LogP contribution in [-0.2, 0) is 16.0 Å². The fraction of sp³-hybridized carbons (Fsp3) is 0.562. The van der Waals surface area contributed by atoms with Crippen molar-refractivity contribution in [3.8, 4) is 5.75 Å². The first-order chi connectivity index (χ1) is 10.6. The van der Waals surface area contributed by atoms with E-state index in [0.29, 0.717) is 22.5 Å². The van der Waals surface area contributed by atoms with Crippen LogP contribution in [0.1, 0.15) is 24.8 Å². The highest BCUT2D eigenvalue weighted by molar-refractivity contribution is 6.36. The van der Waals surface area contributed by atoms with Crippen LogP contribution in [0.3, 0.4) is 0 Å². The highest BCUT2D eigenvalue weighted by atomic mass is 35.5. The largest absolute Gasteiger partial charge is 0.508 e. The van der Waals surface area contributed by atoms with Crippen LogP contribution >= 0.6 is 23.2 Å². The summed E-state index contributed by atoms with van der Waals surface area (Å²) in [6, 6.07) is 3.24. The predicted molar refractivity (Wildman–Crippen MR) is 85.5 cm³/mol. The number of hydrogen-bond acceptors (Lipinski definition) is 3. The summed E-state index contributed by atoms with van der Waals surface area (Å²) >= 11 is 12.3. The van der Waals surface area contributed by atoms with Crippen LogP contribution in [0.25, 0.3) is 0 Å². The molecule has 3 rings (SSSR count). The van der Waals surface area contributed by atoms with Gasteiger partial charge in [0.05, 0.1) is 0 Å². The number of carbonyl (C=O) groups is 1. The van der Waals surface area contributed by atoms with Crippen LogP contribution in [0, 0.1) is 5.92 Å². The quantitative estimate of drug-likeness (QED) is 0.916. The minimum Gasteiger partial charge on any atom is -0.508 e. The monoisotopic (exact) mass is 343 g/mol. The van der Waals surface area contributed by atoms with Crippen molar-refractivity contribution in [3.63, 3.8) is 0 Å². The van der Waals surface area contributed by atoms with Gasteiger partial charge in [-0.1, -0.05) is 23.2 Å². The maximum atomic E-state index is 12.6. The molecule has 0 spiro atoms. The van der Waals surface area contributed by atoms with Gasteiger partial charge in [0, 0.05) is 41.8 Å². The van der Waals surface area contributed by atoms with Gasteiger partial charge in [0.1, 0.15) is 5.75 Å². The molecule has 22 heavy (non-hydrogen) atoms. The van der Waals surface area contributed by atoms with Gasteiger partial charge in [-0.25, -0.2) is 0 Å². The van der Waals surface area contributed by atoms with Crippen LogP contribution in [0.15, 0.2) is 12.1 Å². The number of aromatic hydroxyl groups is 1. The molecular formula is C16H19Cl2NO3. The molecule has 1 amide bonds.